The number of hydrogen-bond acceptors (Lipinski definition) is 1. The second kappa shape index (κ2) is 9.70. The molecule has 0 saturated carbocycles. The van der Waals surface area contributed by atoms with E-state index < -0.39 is 6.36 Å². The molecule has 1 atom stereocenters. The van der Waals surface area contributed by atoms with Crippen molar-refractivity contribution in [3.8, 4) is 17.6 Å². The summed E-state index contributed by atoms with van der Waals surface area (Å²) in [5.74, 6) is 5.32. The summed E-state index contributed by atoms with van der Waals surface area (Å²) in [6.07, 6.45) is 0.117. The molecule has 33 heavy (non-hydrogen) atoms. The van der Waals surface area contributed by atoms with Gasteiger partial charge in [0.05, 0.1) is 5.56 Å². The average molecular weight is 452 g/mol. The molecule has 0 saturated heterocycles. The molecule has 1 aliphatic rings. The smallest absolute Gasteiger partial charge is 0.406 e. The van der Waals surface area contributed by atoms with Gasteiger partial charge in [0.25, 0.3) is 0 Å². The minimum Gasteiger partial charge on any atom is -0.406 e. The Hall–Kier alpha value is -3.26. The van der Waals surface area contributed by atoms with Crippen LogP contribution in [0, 0.1) is 17.7 Å². The fourth-order valence-electron chi connectivity index (χ4n) is 4.28. The predicted molar refractivity (Wildman–Crippen MR) is 121 cm³/mol. The Kier molecular flexibility index (Phi) is 6.74. The van der Waals surface area contributed by atoms with Crippen molar-refractivity contribution in [2.24, 2.45) is 0 Å². The van der Waals surface area contributed by atoms with Crippen LogP contribution in [0.4, 0.5) is 17.6 Å². The number of halogens is 4. The van der Waals surface area contributed by atoms with E-state index in [1.54, 1.807) is 12.1 Å². The quantitative estimate of drug-likeness (QED) is 0.297. The molecule has 0 heterocycles. The molecule has 4 rings (SSSR count). The Balaban J connectivity index is 1.47. The molecule has 0 aliphatic heterocycles. The molecule has 0 bridgehead atoms. The molecule has 1 unspecified atom stereocenters. The molecule has 0 aromatic heterocycles. The van der Waals surface area contributed by atoms with Crippen LogP contribution in [0.15, 0.2) is 60.7 Å². The van der Waals surface area contributed by atoms with Crippen LogP contribution >= 0.6 is 0 Å². The van der Waals surface area contributed by atoms with Gasteiger partial charge >= 0.3 is 6.36 Å². The number of aryl methyl sites for hydroxylation is 2. The third kappa shape index (κ3) is 5.96. The Morgan fingerprint density at radius 1 is 0.939 bits per heavy atom. The maximum absolute atomic E-state index is 14.7. The molecular weight excluding hydrogens is 428 g/mol. The molecule has 0 radical (unpaired) electrons. The fraction of sp³-hybridized carbons (Fsp3) is 0.286. The number of hydrogen-bond donors (Lipinski definition) is 0. The third-order valence-corrected chi connectivity index (χ3v) is 5.94. The lowest BCUT2D eigenvalue weighted by atomic mass is 9.79. The fourth-order valence-corrected chi connectivity index (χ4v) is 4.28. The lowest BCUT2D eigenvalue weighted by molar-refractivity contribution is -0.274. The lowest BCUT2D eigenvalue weighted by Crippen LogP contribution is -2.16. The summed E-state index contributed by atoms with van der Waals surface area (Å²) in [6, 6.07) is 17.4. The van der Waals surface area contributed by atoms with Gasteiger partial charge in [-0.1, -0.05) is 49.5 Å². The first-order valence-corrected chi connectivity index (χ1v) is 11.1. The SMILES string of the molecule is CCCc1ccc(C2CCc3cc(C#Cc4ccc(OC(F)(F)F)cc4)c(F)cc3C2)cc1. The lowest BCUT2D eigenvalue weighted by Gasteiger charge is -2.25. The van der Waals surface area contributed by atoms with E-state index in [-0.39, 0.29) is 11.6 Å². The van der Waals surface area contributed by atoms with Crippen molar-refractivity contribution in [2.45, 2.75) is 51.3 Å². The van der Waals surface area contributed by atoms with E-state index in [0.29, 0.717) is 17.0 Å². The van der Waals surface area contributed by atoms with Gasteiger partial charge in [0.15, 0.2) is 0 Å². The Bertz CT molecular complexity index is 1170. The van der Waals surface area contributed by atoms with E-state index >= 15 is 0 Å². The molecular formula is C28H24F4O. The maximum Gasteiger partial charge on any atom is 0.573 e. The van der Waals surface area contributed by atoms with Gasteiger partial charge < -0.3 is 4.74 Å². The molecule has 3 aromatic carbocycles. The van der Waals surface area contributed by atoms with Crippen molar-refractivity contribution < 1.29 is 22.3 Å². The first-order valence-electron chi connectivity index (χ1n) is 11.1. The second-order valence-electron chi connectivity index (χ2n) is 8.35. The summed E-state index contributed by atoms with van der Waals surface area (Å²) in [5.41, 5.74) is 5.53. The van der Waals surface area contributed by atoms with Gasteiger partial charge in [-0.05, 0) is 90.3 Å². The van der Waals surface area contributed by atoms with Crippen molar-refractivity contribution in [1.82, 2.24) is 0 Å². The summed E-state index contributed by atoms with van der Waals surface area (Å²) >= 11 is 0. The molecule has 1 aliphatic carbocycles. The highest BCUT2D eigenvalue weighted by Crippen LogP contribution is 2.34. The Morgan fingerprint density at radius 3 is 2.33 bits per heavy atom. The molecule has 0 N–H and O–H groups in total. The number of fused-ring (bicyclic) bond motifs is 1. The maximum atomic E-state index is 14.7. The zero-order valence-corrected chi connectivity index (χ0v) is 18.3. The van der Waals surface area contributed by atoms with Gasteiger partial charge in [0.2, 0.25) is 0 Å². The zero-order chi connectivity index (χ0) is 23.4. The van der Waals surface area contributed by atoms with E-state index in [4.69, 9.17) is 0 Å². The van der Waals surface area contributed by atoms with Crippen LogP contribution in [0.5, 0.6) is 5.75 Å². The van der Waals surface area contributed by atoms with Gasteiger partial charge in [0.1, 0.15) is 11.6 Å². The Labute approximate surface area is 191 Å². The van der Waals surface area contributed by atoms with Crippen LogP contribution in [-0.2, 0) is 19.3 Å². The first-order chi connectivity index (χ1) is 15.8. The average Bonchev–Trinajstić information content (AvgIpc) is 2.78. The minimum atomic E-state index is -4.74. The highest BCUT2D eigenvalue weighted by Gasteiger charge is 2.30. The Morgan fingerprint density at radius 2 is 1.67 bits per heavy atom. The minimum absolute atomic E-state index is 0.298. The molecule has 0 fully saturated rings. The highest BCUT2D eigenvalue weighted by molar-refractivity contribution is 5.48. The van der Waals surface area contributed by atoms with Gasteiger partial charge in [0, 0.05) is 5.56 Å². The van der Waals surface area contributed by atoms with E-state index in [1.165, 1.54) is 35.4 Å². The van der Waals surface area contributed by atoms with Crippen LogP contribution in [0.2, 0.25) is 0 Å². The van der Waals surface area contributed by atoms with Gasteiger partial charge in [-0.15, -0.1) is 13.2 Å². The van der Waals surface area contributed by atoms with E-state index in [2.05, 4.69) is 47.8 Å². The van der Waals surface area contributed by atoms with Crippen LogP contribution in [0.3, 0.4) is 0 Å². The molecule has 0 amide bonds. The summed E-state index contributed by atoms with van der Waals surface area (Å²) < 4.78 is 55.4. The molecule has 1 nitrogen and oxygen atoms in total. The van der Waals surface area contributed by atoms with Crippen LogP contribution in [0.1, 0.15) is 59.1 Å². The number of alkyl halides is 3. The van der Waals surface area contributed by atoms with E-state index in [0.717, 1.165) is 43.2 Å². The van der Waals surface area contributed by atoms with Gasteiger partial charge in [-0.25, -0.2) is 4.39 Å². The standard InChI is InChI=1S/C28H24F4O/c1-2-3-19-4-9-21(10-5-19)22-12-13-23-16-24(27(29)18-25(23)17-22)11-6-20-7-14-26(15-8-20)33-28(30,31)32/h4-5,7-10,14-16,18,22H,2-3,12-13,17H2,1H3. The summed E-state index contributed by atoms with van der Waals surface area (Å²) in [7, 11) is 0. The van der Waals surface area contributed by atoms with Crippen molar-refractivity contribution in [3.63, 3.8) is 0 Å². The summed E-state index contributed by atoms with van der Waals surface area (Å²) in [5, 5.41) is 0. The molecule has 0 spiro atoms. The molecule has 170 valence electrons. The van der Waals surface area contributed by atoms with E-state index in [1.807, 2.05) is 0 Å². The van der Waals surface area contributed by atoms with Crippen LogP contribution in [0.25, 0.3) is 0 Å². The van der Waals surface area contributed by atoms with Crippen LogP contribution in [-0.4, -0.2) is 6.36 Å². The number of rotatable bonds is 4. The largest absolute Gasteiger partial charge is 0.573 e. The molecule has 3 aromatic rings. The monoisotopic (exact) mass is 452 g/mol. The van der Waals surface area contributed by atoms with Crippen LogP contribution < -0.4 is 4.74 Å². The van der Waals surface area contributed by atoms with Crippen molar-refractivity contribution in [1.29, 1.82) is 0 Å². The topological polar surface area (TPSA) is 9.23 Å². The third-order valence-electron chi connectivity index (χ3n) is 5.94. The van der Waals surface area contributed by atoms with E-state index in [9.17, 15) is 17.6 Å². The molecule has 5 heteroatoms. The summed E-state index contributed by atoms with van der Waals surface area (Å²) in [4.78, 5) is 0. The van der Waals surface area contributed by atoms with Crippen molar-refractivity contribution in [2.75, 3.05) is 0 Å². The predicted octanol–water partition coefficient (Wildman–Crippen LogP) is 7.35. The first kappa shape index (κ1) is 22.9. The van der Waals surface area contributed by atoms with Gasteiger partial charge in [-0.2, -0.15) is 0 Å². The summed E-state index contributed by atoms with van der Waals surface area (Å²) in [6.45, 7) is 2.17. The van der Waals surface area contributed by atoms with Crippen molar-refractivity contribution >= 4 is 0 Å². The van der Waals surface area contributed by atoms with Crippen molar-refractivity contribution in [3.05, 3.63) is 99.9 Å². The second-order valence-corrected chi connectivity index (χ2v) is 8.35. The number of benzene rings is 3. The zero-order valence-electron chi connectivity index (χ0n) is 18.3. The highest BCUT2D eigenvalue weighted by atomic mass is 19.4. The van der Waals surface area contributed by atoms with Gasteiger partial charge in [-0.3, -0.25) is 0 Å². The normalized spacial score (nSPS) is 15.4. The number of ether oxygens (including phenoxy) is 1.